The number of H-pyrrole nitrogens is 1. The van der Waals surface area contributed by atoms with Crippen molar-refractivity contribution in [2.75, 3.05) is 6.35 Å². The molecule has 0 radical (unpaired) electrons. The van der Waals surface area contributed by atoms with Crippen molar-refractivity contribution in [3.8, 4) is 0 Å². The molecule has 0 fully saturated rings. The predicted molar refractivity (Wildman–Crippen MR) is 62.4 cm³/mol. The molecule has 0 spiro atoms. The topological polar surface area (TPSA) is 131 Å². The van der Waals surface area contributed by atoms with Crippen LogP contribution in [0.1, 0.15) is 6.23 Å². The van der Waals surface area contributed by atoms with Gasteiger partial charge in [0.1, 0.15) is 0 Å². The quantitative estimate of drug-likeness (QED) is 0.638. The molecule has 0 aliphatic carbocycles. The fourth-order valence-electron chi connectivity index (χ4n) is 1.53. The van der Waals surface area contributed by atoms with Gasteiger partial charge in [0.05, 0.1) is 6.20 Å². The Morgan fingerprint density at radius 2 is 2.10 bits per heavy atom. The highest BCUT2D eigenvalue weighted by atomic mass is 31.2. The summed E-state index contributed by atoms with van der Waals surface area (Å²) in [7, 11) is -4.48. The van der Waals surface area contributed by atoms with Crippen LogP contribution in [0.15, 0.2) is 27.7 Å². The predicted octanol–water partition coefficient (Wildman–Crippen LogP) is -0.464. The van der Waals surface area contributed by atoms with Crippen LogP contribution in [-0.2, 0) is 14.0 Å². The molecule has 0 amide bonds. The highest BCUT2D eigenvalue weighted by Crippen LogP contribution is 2.36. The zero-order valence-electron chi connectivity index (χ0n) is 10.1. The lowest BCUT2D eigenvalue weighted by Crippen LogP contribution is -2.34. The van der Waals surface area contributed by atoms with Crippen molar-refractivity contribution in [1.82, 2.24) is 9.55 Å². The van der Waals surface area contributed by atoms with Gasteiger partial charge in [0.15, 0.2) is 24.7 Å². The van der Waals surface area contributed by atoms with Gasteiger partial charge in [0.2, 0.25) is 5.82 Å². The molecule has 116 valence electrons. The maximum atomic E-state index is 13.6. The summed E-state index contributed by atoms with van der Waals surface area (Å²) in [5, 5.41) is 0. The number of nitrogens with one attached hydrogen (secondary N) is 1. The van der Waals surface area contributed by atoms with E-state index < -0.39 is 49.4 Å². The summed E-state index contributed by atoms with van der Waals surface area (Å²) in [6.07, 6.45) is -3.03. The average molecular weight is 326 g/mol. The minimum atomic E-state index is -4.48. The molecule has 0 unspecified atom stereocenters. The highest BCUT2D eigenvalue weighted by Gasteiger charge is 2.32. The Bertz CT molecular complexity index is 736. The van der Waals surface area contributed by atoms with Gasteiger partial charge in [-0.05, 0) is 0 Å². The Labute approximate surface area is 114 Å². The smallest absolute Gasteiger partial charge is 0.336 e. The van der Waals surface area contributed by atoms with Crippen LogP contribution in [0.2, 0.25) is 0 Å². The molecule has 9 nitrogen and oxygen atoms in total. The molecule has 12 heteroatoms. The van der Waals surface area contributed by atoms with Crippen molar-refractivity contribution in [1.29, 1.82) is 0 Å². The summed E-state index contributed by atoms with van der Waals surface area (Å²) in [6.45, 7) is 0. The van der Waals surface area contributed by atoms with Gasteiger partial charge >= 0.3 is 13.3 Å². The Morgan fingerprint density at radius 1 is 1.43 bits per heavy atom. The van der Waals surface area contributed by atoms with Crippen molar-refractivity contribution in [3.05, 3.63) is 44.8 Å². The lowest BCUT2D eigenvalue weighted by atomic mass is 10.4. The minimum Gasteiger partial charge on any atom is -0.336 e. The van der Waals surface area contributed by atoms with E-state index in [2.05, 4.69) is 4.74 Å². The van der Waals surface area contributed by atoms with Crippen LogP contribution < -0.4 is 11.2 Å². The first-order valence-corrected chi connectivity index (χ1v) is 7.17. The normalized spacial score (nSPS) is 22.4. The number of aromatic amines is 1. The summed E-state index contributed by atoms with van der Waals surface area (Å²) in [5.74, 6) is -2.37. The van der Waals surface area contributed by atoms with E-state index in [1.807, 2.05) is 0 Å². The van der Waals surface area contributed by atoms with Crippen LogP contribution in [0, 0.1) is 5.82 Å². The van der Waals surface area contributed by atoms with Crippen LogP contribution in [0.25, 0.3) is 0 Å². The van der Waals surface area contributed by atoms with Gasteiger partial charge in [-0.2, -0.15) is 4.39 Å². The minimum absolute atomic E-state index is 0.434. The summed E-state index contributed by atoms with van der Waals surface area (Å²) in [5.41, 5.74) is -2.39. The summed E-state index contributed by atoms with van der Waals surface area (Å²) in [4.78, 5) is 41.1. The lowest BCUT2D eigenvalue weighted by Gasteiger charge is -2.16. The lowest BCUT2D eigenvalue weighted by molar-refractivity contribution is -0.132. The van der Waals surface area contributed by atoms with E-state index in [-0.39, 0.29) is 0 Å². The van der Waals surface area contributed by atoms with Gasteiger partial charge in [-0.25, -0.2) is 9.18 Å². The Kier molecular flexibility index (Phi) is 4.21. The number of aromatic nitrogens is 2. The van der Waals surface area contributed by atoms with E-state index in [0.29, 0.717) is 10.8 Å². The second-order valence-electron chi connectivity index (χ2n) is 4.01. The maximum absolute atomic E-state index is 13.6. The zero-order valence-corrected chi connectivity index (χ0v) is 11.0. The van der Waals surface area contributed by atoms with Gasteiger partial charge in [0.25, 0.3) is 5.56 Å². The average Bonchev–Trinajstić information content (AvgIpc) is 2.72. The first kappa shape index (κ1) is 15.7. The Morgan fingerprint density at radius 3 is 2.71 bits per heavy atom. The van der Waals surface area contributed by atoms with Gasteiger partial charge < -0.3 is 19.3 Å². The standard InChI is InChI=1S/C9H9F2N2O7P/c10-4-1-6(19-3-21(16,17)18)20-8(4)13-2-5(11)7(14)12-9(13)15/h1-2,6,8H,3H2,(H,12,14,15)(H2,16,17,18)/t6-,8+/m0/s1. The van der Waals surface area contributed by atoms with Crippen molar-refractivity contribution in [2.24, 2.45) is 0 Å². The van der Waals surface area contributed by atoms with Crippen LogP contribution in [0.5, 0.6) is 0 Å². The maximum Gasteiger partial charge on any atom is 0.351 e. The molecule has 2 heterocycles. The molecule has 21 heavy (non-hydrogen) atoms. The number of rotatable bonds is 4. The fraction of sp³-hybridized carbons (Fsp3) is 0.333. The third-order valence-corrected chi connectivity index (χ3v) is 2.86. The number of nitrogens with zero attached hydrogens (tertiary/aromatic N) is 1. The molecular weight excluding hydrogens is 317 g/mol. The molecule has 1 aliphatic heterocycles. The third kappa shape index (κ3) is 3.71. The SMILES string of the molecule is O=c1[nH]c(=O)n([C@@H]2O[C@H](OCP(=O)(O)O)C=C2F)cc1F. The fourth-order valence-corrected chi connectivity index (χ4v) is 1.88. The van der Waals surface area contributed by atoms with Gasteiger partial charge in [-0.3, -0.25) is 18.9 Å². The molecular formula is C9H9F2N2O7P. The number of hydrogen-bond acceptors (Lipinski definition) is 5. The highest BCUT2D eigenvalue weighted by molar-refractivity contribution is 7.51. The summed E-state index contributed by atoms with van der Waals surface area (Å²) in [6, 6.07) is 0. The van der Waals surface area contributed by atoms with Crippen LogP contribution in [-0.4, -0.2) is 32.0 Å². The molecule has 1 aliphatic rings. The Hall–Kier alpha value is -1.65. The van der Waals surface area contributed by atoms with Crippen molar-refractivity contribution < 1.29 is 32.6 Å². The third-order valence-electron chi connectivity index (χ3n) is 2.38. The first-order valence-electron chi connectivity index (χ1n) is 5.37. The molecule has 3 N–H and O–H groups in total. The number of hydrogen-bond donors (Lipinski definition) is 3. The van der Waals surface area contributed by atoms with Crippen LogP contribution >= 0.6 is 7.60 Å². The molecule has 1 aromatic rings. The zero-order chi connectivity index (χ0) is 15.8. The molecule has 0 aromatic carbocycles. The largest absolute Gasteiger partial charge is 0.351 e. The molecule has 1 aromatic heterocycles. The summed E-state index contributed by atoms with van der Waals surface area (Å²) < 4.78 is 47.3. The van der Waals surface area contributed by atoms with E-state index >= 15 is 0 Å². The second-order valence-corrected chi connectivity index (χ2v) is 5.60. The van der Waals surface area contributed by atoms with Crippen LogP contribution in [0.4, 0.5) is 8.78 Å². The molecule has 0 saturated heterocycles. The molecule has 2 rings (SSSR count). The monoisotopic (exact) mass is 326 g/mol. The van der Waals surface area contributed by atoms with Crippen LogP contribution in [0.3, 0.4) is 0 Å². The van der Waals surface area contributed by atoms with Crippen molar-refractivity contribution in [2.45, 2.75) is 12.5 Å². The van der Waals surface area contributed by atoms with Crippen molar-refractivity contribution in [3.63, 3.8) is 0 Å². The second kappa shape index (κ2) is 5.62. The van der Waals surface area contributed by atoms with E-state index in [9.17, 15) is 22.9 Å². The first-order chi connectivity index (χ1) is 9.67. The van der Waals surface area contributed by atoms with Gasteiger partial charge in [0, 0.05) is 6.08 Å². The molecule has 0 saturated carbocycles. The summed E-state index contributed by atoms with van der Waals surface area (Å²) >= 11 is 0. The van der Waals surface area contributed by atoms with Crippen molar-refractivity contribution >= 4 is 7.60 Å². The molecule has 2 atom stereocenters. The number of halogens is 2. The van der Waals surface area contributed by atoms with Gasteiger partial charge in [-0.1, -0.05) is 0 Å². The van der Waals surface area contributed by atoms with Gasteiger partial charge in [-0.15, -0.1) is 0 Å². The van der Waals surface area contributed by atoms with E-state index in [1.165, 1.54) is 0 Å². The van der Waals surface area contributed by atoms with E-state index in [1.54, 1.807) is 4.98 Å². The van der Waals surface area contributed by atoms with E-state index in [0.717, 1.165) is 6.08 Å². The van der Waals surface area contributed by atoms with E-state index in [4.69, 9.17) is 14.5 Å². The Balaban J connectivity index is 2.19. The molecule has 0 bridgehead atoms. The number of ether oxygens (including phenoxy) is 2.